The second kappa shape index (κ2) is 6.89. The highest BCUT2D eigenvalue weighted by atomic mass is 16.2. The first-order valence-corrected chi connectivity index (χ1v) is 8.38. The van der Waals surface area contributed by atoms with Crippen LogP contribution in [0.2, 0.25) is 0 Å². The third-order valence-electron chi connectivity index (χ3n) is 4.38. The second-order valence-electron chi connectivity index (χ2n) is 6.18. The van der Waals surface area contributed by atoms with E-state index in [4.69, 9.17) is 0 Å². The van der Waals surface area contributed by atoms with Crippen molar-refractivity contribution < 1.29 is 14.4 Å². The normalized spacial score (nSPS) is 13.1. The van der Waals surface area contributed by atoms with E-state index in [0.717, 1.165) is 24.2 Å². The first kappa shape index (κ1) is 16.9. The fourth-order valence-electron chi connectivity index (χ4n) is 2.84. The number of aryl methyl sites for hydroxylation is 1. The Hall–Kier alpha value is -2.95. The summed E-state index contributed by atoms with van der Waals surface area (Å²) in [4.78, 5) is 37.4. The number of nitrogens with one attached hydrogen (secondary N) is 1. The smallest absolute Gasteiger partial charge is 0.261 e. The predicted molar refractivity (Wildman–Crippen MR) is 95.9 cm³/mol. The minimum atomic E-state index is -0.380. The van der Waals surface area contributed by atoms with Crippen molar-refractivity contribution in [2.24, 2.45) is 0 Å². The van der Waals surface area contributed by atoms with Crippen LogP contribution < -0.4 is 5.32 Å². The molecule has 0 aliphatic carbocycles. The minimum Gasteiger partial charge on any atom is -0.322 e. The molecule has 0 fully saturated rings. The summed E-state index contributed by atoms with van der Waals surface area (Å²) in [5.41, 5.74) is 2.90. The molecule has 0 saturated heterocycles. The van der Waals surface area contributed by atoms with Crippen molar-refractivity contribution in [1.82, 2.24) is 4.90 Å². The Labute approximate surface area is 146 Å². The van der Waals surface area contributed by atoms with Crippen LogP contribution in [0.4, 0.5) is 5.69 Å². The fourth-order valence-corrected chi connectivity index (χ4v) is 2.84. The van der Waals surface area contributed by atoms with E-state index in [0.29, 0.717) is 16.8 Å². The number of anilines is 1. The number of unbranched alkanes of at least 4 members (excludes halogenated alkanes) is 1. The van der Waals surface area contributed by atoms with Crippen LogP contribution in [-0.2, 0) is 6.42 Å². The number of carbonyl (C=O) groups is 3. The molecular weight excluding hydrogens is 316 g/mol. The van der Waals surface area contributed by atoms with E-state index in [1.165, 1.54) is 24.7 Å². The van der Waals surface area contributed by atoms with E-state index >= 15 is 0 Å². The summed E-state index contributed by atoms with van der Waals surface area (Å²) in [5.74, 6) is -1.02. The first-order valence-electron chi connectivity index (χ1n) is 8.38. The number of benzene rings is 2. The summed E-state index contributed by atoms with van der Waals surface area (Å²) in [6, 6.07) is 12.3. The Balaban J connectivity index is 1.74. The minimum absolute atomic E-state index is 0.273. The van der Waals surface area contributed by atoms with E-state index in [2.05, 4.69) is 12.2 Å². The number of carbonyl (C=O) groups excluding carboxylic acids is 3. The van der Waals surface area contributed by atoms with E-state index in [9.17, 15) is 14.4 Å². The second-order valence-corrected chi connectivity index (χ2v) is 6.18. The lowest BCUT2D eigenvalue weighted by molar-refractivity contribution is 0.0693. The molecule has 0 radical (unpaired) electrons. The van der Waals surface area contributed by atoms with Crippen molar-refractivity contribution in [2.45, 2.75) is 26.2 Å². The maximum Gasteiger partial charge on any atom is 0.261 e. The molecule has 0 bridgehead atoms. The lowest BCUT2D eigenvalue weighted by Gasteiger charge is -2.07. The van der Waals surface area contributed by atoms with Crippen LogP contribution in [0.15, 0.2) is 42.5 Å². The summed E-state index contributed by atoms with van der Waals surface area (Å²) < 4.78 is 0. The molecule has 5 heteroatoms. The van der Waals surface area contributed by atoms with Crippen molar-refractivity contribution in [1.29, 1.82) is 0 Å². The van der Waals surface area contributed by atoms with Crippen molar-refractivity contribution in [3.05, 3.63) is 64.7 Å². The highest BCUT2D eigenvalue weighted by Crippen LogP contribution is 2.23. The summed E-state index contributed by atoms with van der Waals surface area (Å²) in [6.07, 6.45) is 3.31. The molecule has 3 rings (SSSR count). The first-order chi connectivity index (χ1) is 12.0. The van der Waals surface area contributed by atoms with Crippen molar-refractivity contribution in [3.63, 3.8) is 0 Å². The third-order valence-corrected chi connectivity index (χ3v) is 4.38. The van der Waals surface area contributed by atoms with Gasteiger partial charge < -0.3 is 5.32 Å². The summed E-state index contributed by atoms with van der Waals surface area (Å²) in [6.45, 7) is 2.15. The highest BCUT2D eigenvalue weighted by molar-refractivity contribution is 6.22. The van der Waals surface area contributed by atoms with Crippen LogP contribution in [0.1, 0.15) is 56.4 Å². The number of hydrogen-bond donors (Lipinski definition) is 1. The predicted octanol–water partition coefficient (Wildman–Crippen LogP) is 3.51. The van der Waals surface area contributed by atoms with Gasteiger partial charge in [0.05, 0.1) is 11.1 Å². The van der Waals surface area contributed by atoms with Gasteiger partial charge in [-0.1, -0.05) is 25.5 Å². The fraction of sp³-hybridized carbons (Fsp3) is 0.250. The largest absolute Gasteiger partial charge is 0.322 e. The monoisotopic (exact) mass is 336 g/mol. The van der Waals surface area contributed by atoms with Gasteiger partial charge in [-0.15, -0.1) is 0 Å². The summed E-state index contributed by atoms with van der Waals surface area (Å²) >= 11 is 0. The van der Waals surface area contributed by atoms with Gasteiger partial charge in [0.15, 0.2) is 0 Å². The van der Waals surface area contributed by atoms with Crippen LogP contribution in [0.5, 0.6) is 0 Å². The van der Waals surface area contributed by atoms with Crippen molar-refractivity contribution in [2.75, 3.05) is 12.4 Å². The zero-order valence-electron chi connectivity index (χ0n) is 14.3. The Morgan fingerprint density at radius 3 is 2.36 bits per heavy atom. The van der Waals surface area contributed by atoms with Crippen LogP contribution in [0, 0.1) is 0 Å². The third kappa shape index (κ3) is 3.31. The standard InChI is InChI=1S/C20H20N2O3/c1-3-4-5-13-6-9-15(10-7-13)21-18(23)14-8-11-16-17(12-14)20(25)22(2)19(16)24/h6-12H,3-5H2,1-2H3,(H,21,23). The molecule has 1 aliphatic heterocycles. The van der Waals surface area contributed by atoms with Crippen molar-refractivity contribution >= 4 is 23.4 Å². The number of imide groups is 1. The molecule has 0 atom stereocenters. The van der Waals surface area contributed by atoms with Gasteiger partial charge in [0.2, 0.25) is 0 Å². The van der Waals surface area contributed by atoms with E-state index < -0.39 is 0 Å². The molecule has 0 unspecified atom stereocenters. The SMILES string of the molecule is CCCCc1ccc(NC(=O)c2ccc3c(c2)C(=O)N(C)C3=O)cc1. The molecule has 3 amide bonds. The van der Waals surface area contributed by atoms with Crippen molar-refractivity contribution in [3.8, 4) is 0 Å². The Morgan fingerprint density at radius 2 is 1.68 bits per heavy atom. The van der Waals surface area contributed by atoms with E-state index in [1.54, 1.807) is 6.07 Å². The topological polar surface area (TPSA) is 66.5 Å². The molecule has 0 aromatic heterocycles. The van der Waals surface area contributed by atoms with Gasteiger partial charge in [-0.05, 0) is 48.7 Å². The molecular formula is C20H20N2O3. The zero-order chi connectivity index (χ0) is 18.0. The van der Waals surface area contributed by atoms with Gasteiger partial charge in [0, 0.05) is 18.3 Å². The molecule has 2 aromatic carbocycles. The molecule has 0 saturated carbocycles. The van der Waals surface area contributed by atoms with Gasteiger partial charge >= 0.3 is 0 Å². The Morgan fingerprint density at radius 1 is 1.00 bits per heavy atom. The Kier molecular flexibility index (Phi) is 4.65. The van der Waals surface area contributed by atoms with Gasteiger partial charge in [-0.25, -0.2) is 0 Å². The maximum absolute atomic E-state index is 12.4. The zero-order valence-corrected chi connectivity index (χ0v) is 14.3. The number of fused-ring (bicyclic) bond motifs is 1. The number of rotatable bonds is 5. The molecule has 1 N–H and O–H groups in total. The van der Waals surface area contributed by atoms with E-state index in [-0.39, 0.29) is 23.3 Å². The average Bonchev–Trinajstić information content (AvgIpc) is 2.85. The van der Waals surface area contributed by atoms with Crippen LogP contribution in [-0.4, -0.2) is 29.7 Å². The van der Waals surface area contributed by atoms with Crippen LogP contribution in [0.25, 0.3) is 0 Å². The lowest BCUT2D eigenvalue weighted by Crippen LogP contribution is -2.24. The summed E-state index contributed by atoms with van der Waals surface area (Å²) in [7, 11) is 1.44. The molecule has 25 heavy (non-hydrogen) atoms. The van der Waals surface area contributed by atoms with E-state index in [1.807, 2.05) is 24.3 Å². The lowest BCUT2D eigenvalue weighted by atomic mass is 10.0. The Bertz CT molecular complexity index is 841. The molecule has 2 aromatic rings. The molecule has 128 valence electrons. The van der Waals surface area contributed by atoms with Crippen LogP contribution >= 0.6 is 0 Å². The van der Waals surface area contributed by atoms with Gasteiger partial charge in [0.25, 0.3) is 17.7 Å². The highest BCUT2D eigenvalue weighted by Gasteiger charge is 2.33. The number of amides is 3. The molecule has 5 nitrogen and oxygen atoms in total. The van der Waals surface area contributed by atoms with Gasteiger partial charge in [0.1, 0.15) is 0 Å². The van der Waals surface area contributed by atoms with Gasteiger partial charge in [-0.3, -0.25) is 19.3 Å². The quantitative estimate of drug-likeness (QED) is 0.850. The molecule has 0 spiro atoms. The molecule has 1 aliphatic rings. The average molecular weight is 336 g/mol. The van der Waals surface area contributed by atoms with Gasteiger partial charge in [-0.2, -0.15) is 0 Å². The maximum atomic E-state index is 12.4. The number of hydrogen-bond acceptors (Lipinski definition) is 3. The molecule has 1 heterocycles. The van der Waals surface area contributed by atoms with Crippen LogP contribution in [0.3, 0.4) is 0 Å². The number of nitrogens with zero attached hydrogens (tertiary/aromatic N) is 1. The summed E-state index contributed by atoms with van der Waals surface area (Å²) in [5, 5.41) is 2.82.